The molecule has 90 valence electrons. The Balaban J connectivity index is 2.29. The Morgan fingerprint density at radius 2 is 2.27 bits per heavy atom. The van der Waals surface area contributed by atoms with Gasteiger partial charge >= 0.3 is 0 Å². The summed E-state index contributed by atoms with van der Waals surface area (Å²) in [4.78, 5) is 0. The highest BCUT2D eigenvalue weighted by atomic mass is 32.2. The Bertz CT molecular complexity index is 166. The van der Waals surface area contributed by atoms with Gasteiger partial charge in [-0.05, 0) is 31.9 Å². The van der Waals surface area contributed by atoms with Crippen molar-refractivity contribution in [3.05, 3.63) is 0 Å². The fraction of sp³-hybridized carbons (Fsp3) is 1.00. The smallest absolute Gasteiger partial charge is 0.0615 e. The van der Waals surface area contributed by atoms with Crippen molar-refractivity contribution in [2.45, 2.75) is 56.4 Å². The molecule has 0 spiro atoms. The van der Waals surface area contributed by atoms with Crippen molar-refractivity contribution in [3.8, 4) is 0 Å². The van der Waals surface area contributed by atoms with Crippen LogP contribution in [0.15, 0.2) is 0 Å². The van der Waals surface area contributed by atoms with Crippen LogP contribution in [-0.2, 0) is 4.74 Å². The third-order valence-corrected chi connectivity index (χ3v) is 4.39. The monoisotopic (exact) mass is 231 g/mol. The van der Waals surface area contributed by atoms with Crippen LogP contribution in [0.5, 0.6) is 0 Å². The predicted molar refractivity (Wildman–Crippen MR) is 68.6 cm³/mol. The van der Waals surface area contributed by atoms with Crippen LogP contribution in [0, 0.1) is 0 Å². The van der Waals surface area contributed by atoms with Crippen molar-refractivity contribution in [2.24, 2.45) is 0 Å². The molecule has 0 heterocycles. The van der Waals surface area contributed by atoms with E-state index in [1.54, 1.807) is 7.11 Å². The zero-order valence-corrected chi connectivity index (χ0v) is 11.1. The highest BCUT2D eigenvalue weighted by molar-refractivity contribution is 7.99. The van der Waals surface area contributed by atoms with Gasteiger partial charge in [0, 0.05) is 24.4 Å². The lowest BCUT2D eigenvalue weighted by atomic mass is 9.94. The van der Waals surface area contributed by atoms with E-state index < -0.39 is 0 Å². The van der Waals surface area contributed by atoms with E-state index in [1.807, 2.05) is 11.8 Å². The van der Waals surface area contributed by atoms with Crippen LogP contribution in [0.2, 0.25) is 0 Å². The topological polar surface area (TPSA) is 21.3 Å². The maximum Gasteiger partial charge on any atom is 0.0615 e. The van der Waals surface area contributed by atoms with Crippen molar-refractivity contribution in [1.29, 1.82) is 0 Å². The minimum Gasteiger partial charge on any atom is -0.383 e. The number of rotatable bonds is 6. The fourth-order valence-corrected chi connectivity index (χ4v) is 3.16. The van der Waals surface area contributed by atoms with Gasteiger partial charge in [-0.1, -0.05) is 13.3 Å². The van der Waals surface area contributed by atoms with E-state index in [0.29, 0.717) is 6.04 Å². The first-order chi connectivity index (χ1) is 7.30. The van der Waals surface area contributed by atoms with Gasteiger partial charge in [-0.3, -0.25) is 0 Å². The largest absolute Gasteiger partial charge is 0.383 e. The Morgan fingerprint density at radius 3 is 2.87 bits per heavy atom. The van der Waals surface area contributed by atoms with Gasteiger partial charge in [0.25, 0.3) is 0 Å². The van der Waals surface area contributed by atoms with E-state index in [0.717, 1.165) is 24.3 Å². The van der Waals surface area contributed by atoms with Crippen molar-refractivity contribution in [1.82, 2.24) is 5.32 Å². The fourth-order valence-electron chi connectivity index (χ4n) is 2.33. The summed E-state index contributed by atoms with van der Waals surface area (Å²) in [6.07, 6.45) is 8.86. The van der Waals surface area contributed by atoms with Gasteiger partial charge in [0.1, 0.15) is 0 Å². The van der Waals surface area contributed by atoms with Crippen LogP contribution < -0.4 is 5.32 Å². The number of thioether (sulfide) groups is 1. The lowest BCUT2D eigenvalue weighted by molar-refractivity contribution is 0.154. The summed E-state index contributed by atoms with van der Waals surface area (Å²) in [6, 6.07) is 1.26. The Kier molecular flexibility index (Phi) is 6.69. The molecule has 0 saturated heterocycles. The van der Waals surface area contributed by atoms with Crippen molar-refractivity contribution < 1.29 is 4.74 Å². The van der Waals surface area contributed by atoms with Crippen molar-refractivity contribution >= 4 is 11.8 Å². The maximum atomic E-state index is 5.22. The Morgan fingerprint density at radius 1 is 1.47 bits per heavy atom. The molecule has 0 aromatic carbocycles. The van der Waals surface area contributed by atoms with Gasteiger partial charge in [-0.2, -0.15) is 11.8 Å². The predicted octanol–water partition coefficient (Wildman–Crippen LogP) is 2.68. The van der Waals surface area contributed by atoms with E-state index >= 15 is 0 Å². The molecule has 3 atom stereocenters. The van der Waals surface area contributed by atoms with Crippen LogP contribution in [0.1, 0.15) is 39.0 Å². The molecule has 1 fully saturated rings. The van der Waals surface area contributed by atoms with Gasteiger partial charge in [0.05, 0.1) is 6.61 Å². The van der Waals surface area contributed by atoms with E-state index in [2.05, 4.69) is 18.5 Å². The number of hydrogen-bond donors (Lipinski definition) is 1. The highest BCUT2D eigenvalue weighted by Gasteiger charge is 2.22. The molecule has 3 heteroatoms. The van der Waals surface area contributed by atoms with Crippen LogP contribution in [-0.4, -0.2) is 37.3 Å². The Labute approximate surface area is 98.5 Å². The molecule has 2 nitrogen and oxygen atoms in total. The third kappa shape index (κ3) is 4.75. The zero-order chi connectivity index (χ0) is 11.1. The Hall–Kier alpha value is 0.270. The molecule has 15 heavy (non-hydrogen) atoms. The maximum absolute atomic E-state index is 5.22. The summed E-state index contributed by atoms with van der Waals surface area (Å²) in [5.41, 5.74) is 0. The quantitative estimate of drug-likeness (QED) is 0.759. The molecule has 1 aliphatic carbocycles. The van der Waals surface area contributed by atoms with Crippen LogP contribution in [0.3, 0.4) is 0 Å². The normalized spacial score (nSPS) is 29.0. The van der Waals surface area contributed by atoms with E-state index in [-0.39, 0.29) is 0 Å². The number of nitrogens with one attached hydrogen (secondary N) is 1. The van der Waals surface area contributed by atoms with E-state index in [4.69, 9.17) is 4.74 Å². The first kappa shape index (κ1) is 13.3. The first-order valence-corrected chi connectivity index (χ1v) is 7.36. The number of methoxy groups -OCH3 is 1. The second-order valence-corrected chi connectivity index (χ2v) is 5.59. The number of hydrogen-bond acceptors (Lipinski definition) is 3. The minimum atomic E-state index is 0.542. The average Bonchev–Trinajstić information content (AvgIpc) is 2.29. The summed E-state index contributed by atoms with van der Waals surface area (Å²) in [6.45, 7) is 3.07. The first-order valence-electron chi connectivity index (χ1n) is 6.07. The van der Waals surface area contributed by atoms with Crippen molar-refractivity contribution in [2.75, 3.05) is 20.0 Å². The molecule has 0 amide bonds. The summed E-state index contributed by atoms with van der Waals surface area (Å²) in [7, 11) is 1.79. The van der Waals surface area contributed by atoms with Crippen molar-refractivity contribution in [3.63, 3.8) is 0 Å². The third-order valence-electron chi connectivity index (χ3n) is 3.29. The second-order valence-electron chi connectivity index (χ2n) is 4.45. The van der Waals surface area contributed by atoms with Crippen LogP contribution >= 0.6 is 11.8 Å². The molecule has 1 rings (SSSR count). The zero-order valence-electron chi connectivity index (χ0n) is 10.3. The summed E-state index contributed by atoms with van der Waals surface area (Å²) in [5, 5.41) is 4.60. The molecular formula is C12H25NOS. The molecule has 0 aromatic rings. The number of ether oxygens (including phenoxy) is 1. The summed E-state index contributed by atoms with van der Waals surface area (Å²) < 4.78 is 5.22. The van der Waals surface area contributed by atoms with Gasteiger partial charge in [-0.25, -0.2) is 0 Å². The lowest BCUT2D eigenvalue weighted by Crippen LogP contribution is -2.43. The molecule has 0 aromatic heterocycles. The molecule has 1 aliphatic rings. The van der Waals surface area contributed by atoms with Crippen LogP contribution in [0.25, 0.3) is 0 Å². The summed E-state index contributed by atoms with van der Waals surface area (Å²) in [5.74, 6) is 0. The van der Waals surface area contributed by atoms with Gasteiger partial charge in [0.2, 0.25) is 0 Å². The lowest BCUT2D eigenvalue weighted by Gasteiger charge is -2.31. The van der Waals surface area contributed by atoms with Gasteiger partial charge in [-0.15, -0.1) is 0 Å². The van der Waals surface area contributed by atoms with E-state index in [9.17, 15) is 0 Å². The second kappa shape index (κ2) is 7.53. The SMILES string of the molecule is CCC(COC)NC1CCCC(SC)C1. The van der Waals surface area contributed by atoms with Gasteiger partial charge in [0.15, 0.2) is 0 Å². The molecule has 0 aliphatic heterocycles. The highest BCUT2D eigenvalue weighted by Crippen LogP contribution is 2.27. The van der Waals surface area contributed by atoms with Gasteiger partial charge < -0.3 is 10.1 Å². The molecule has 1 saturated carbocycles. The van der Waals surface area contributed by atoms with Crippen LogP contribution in [0.4, 0.5) is 0 Å². The van der Waals surface area contributed by atoms with E-state index in [1.165, 1.54) is 25.7 Å². The molecule has 0 radical (unpaired) electrons. The standard InChI is InChI=1S/C12H25NOS/c1-4-10(9-14-2)13-11-6-5-7-12(8-11)15-3/h10-13H,4-9H2,1-3H3. The molecular weight excluding hydrogens is 206 g/mol. The molecule has 0 bridgehead atoms. The minimum absolute atomic E-state index is 0.542. The molecule has 1 N–H and O–H groups in total. The summed E-state index contributed by atoms with van der Waals surface area (Å²) >= 11 is 2.03. The molecule has 3 unspecified atom stereocenters. The average molecular weight is 231 g/mol.